The van der Waals surface area contributed by atoms with Crippen LogP contribution in [0, 0.1) is 5.92 Å². The van der Waals surface area contributed by atoms with Gasteiger partial charge in [0, 0.05) is 12.0 Å². The lowest BCUT2D eigenvalue weighted by Crippen LogP contribution is -2.41. The quantitative estimate of drug-likeness (QED) is 0.529. The Labute approximate surface area is 100.0 Å². The molecule has 1 aromatic carbocycles. The van der Waals surface area contributed by atoms with Gasteiger partial charge in [0.05, 0.1) is 0 Å². The highest BCUT2D eigenvalue weighted by Gasteiger charge is 2.27. The zero-order valence-corrected chi connectivity index (χ0v) is 9.88. The predicted octanol–water partition coefficient (Wildman–Crippen LogP) is 1.03. The number of nitrogens with one attached hydrogen (secondary N) is 1. The highest BCUT2D eigenvalue weighted by atomic mass is 16.8. The van der Waals surface area contributed by atoms with E-state index in [0.717, 1.165) is 0 Å². The number of aliphatic hydroxyl groups is 2. The third-order valence-electron chi connectivity index (χ3n) is 2.02. The van der Waals surface area contributed by atoms with Crippen LogP contribution < -0.4 is 5.48 Å². The molecule has 1 aromatic rings. The molecule has 0 bridgehead atoms. The maximum Gasteiger partial charge on any atom is 0.300 e. The van der Waals surface area contributed by atoms with Crippen molar-refractivity contribution in [2.75, 3.05) is 0 Å². The summed E-state index contributed by atoms with van der Waals surface area (Å²) in [5.74, 6) is -2.85. The van der Waals surface area contributed by atoms with Crippen LogP contribution >= 0.6 is 0 Å². The Hall–Kier alpha value is -1.43. The fraction of sp³-hybridized carbons (Fsp3) is 0.417. The standard InChI is InChI=1S/C12H17NO4/c1-9(2)8-12(15,16)17-13-11(14)10-6-4-3-5-7-10/h3-7,9,15-16H,8H2,1-2H3,(H,13,14). The van der Waals surface area contributed by atoms with Crippen molar-refractivity contribution in [3.63, 3.8) is 0 Å². The van der Waals surface area contributed by atoms with Crippen molar-refractivity contribution in [3.05, 3.63) is 35.9 Å². The molecule has 0 unspecified atom stereocenters. The lowest BCUT2D eigenvalue weighted by atomic mass is 10.1. The second-order valence-electron chi connectivity index (χ2n) is 4.24. The maximum absolute atomic E-state index is 11.5. The van der Waals surface area contributed by atoms with Crippen LogP contribution in [-0.4, -0.2) is 22.1 Å². The van der Waals surface area contributed by atoms with Gasteiger partial charge in [-0.05, 0) is 18.1 Å². The average molecular weight is 239 g/mol. The summed E-state index contributed by atoms with van der Waals surface area (Å²) in [6.45, 7) is 3.62. The number of hydroxylamine groups is 1. The summed E-state index contributed by atoms with van der Waals surface area (Å²) in [6, 6.07) is 8.37. The Balaban J connectivity index is 2.48. The highest BCUT2D eigenvalue weighted by Crippen LogP contribution is 2.14. The Morgan fingerprint density at radius 3 is 2.47 bits per heavy atom. The van der Waals surface area contributed by atoms with Crippen LogP contribution in [0.2, 0.25) is 0 Å². The summed E-state index contributed by atoms with van der Waals surface area (Å²) in [6.07, 6.45) is 0.00205. The molecule has 5 heteroatoms. The van der Waals surface area contributed by atoms with Crippen molar-refractivity contribution < 1.29 is 19.8 Å². The first kappa shape index (κ1) is 13.6. The van der Waals surface area contributed by atoms with E-state index in [4.69, 9.17) is 0 Å². The second kappa shape index (κ2) is 5.77. The molecular weight excluding hydrogens is 222 g/mol. The number of amides is 1. The smallest absolute Gasteiger partial charge is 0.300 e. The van der Waals surface area contributed by atoms with E-state index in [0.29, 0.717) is 5.56 Å². The molecule has 3 N–H and O–H groups in total. The molecule has 0 radical (unpaired) electrons. The van der Waals surface area contributed by atoms with Crippen molar-refractivity contribution >= 4 is 5.91 Å². The summed E-state index contributed by atoms with van der Waals surface area (Å²) >= 11 is 0. The highest BCUT2D eigenvalue weighted by molar-refractivity contribution is 5.93. The number of carbonyl (C=O) groups is 1. The van der Waals surface area contributed by atoms with Crippen LogP contribution in [-0.2, 0) is 4.84 Å². The fourth-order valence-corrected chi connectivity index (χ4v) is 1.35. The topological polar surface area (TPSA) is 78.8 Å². The first-order valence-corrected chi connectivity index (χ1v) is 5.39. The van der Waals surface area contributed by atoms with Gasteiger partial charge in [-0.2, -0.15) is 0 Å². The molecule has 0 saturated heterocycles. The van der Waals surface area contributed by atoms with Gasteiger partial charge in [0.15, 0.2) is 0 Å². The van der Waals surface area contributed by atoms with Crippen molar-refractivity contribution in [1.29, 1.82) is 0 Å². The van der Waals surface area contributed by atoms with Gasteiger partial charge in [-0.3, -0.25) is 4.79 Å². The van der Waals surface area contributed by atoms with E-state index in [-0.39, 0.29) is 12.3 Å². The molecule has 17 heavy (non-hydrogen) atoms. The molecule has 0 saturated carbocycles. The van der Waals surface area contributed by atoms with Gasteiger partial charge in [-0.15, -0.1) is 0 Å². The fourth-order valence-electron chi connectivity index (χ4n) is 1.35. The van der Waals surface area contributed by atoms with Crippen molar-refractivity contribution in [2.24, 2.45) is 5.92 Å². The Morgan fingerprint density at radius 1 is 1.35 bits per heavy atom. The molecule has 0 heterocycles. The molecular formula is C12H17NO4. The molecule has 0 aliphatic heterocycles. The minimum absolute atomic E-state index is 0.00205. The molecule has 0 aliphatic rings. The largest absolute Gasteiger partial charge is 0.342 e. The summed E-state index contributed by atoms with van der Waals surface area (Å²) in [5, 5.41) is 18.8. The molecule has 0 atom stereocenters. The normalized spacial score (nSPS) is 11.6. The number of hydrogen-bond acceptors (Lipinski definition) is 4. The van der Waals surface area contributed by atoms with Crippen LogP contribution in [0.25, 0.3) is 0 Å². The molecule has 0 aromatic heterocycles. The Morgan fingerprint density at radius 2 is 1.94 bits per heavy atom. The van der Waals surface area contributed by atoms with E-state index >= 15 is 0 Å². The Kier molecular flexibility index (Phi) is 4.62. The average Bonchev–Trinajstić information content (AvgIpc) is 2.25. The molecule has 0 spiro atoms. The molecule has 0 aliphatic carbocycles. The number of benzene rings is 1. The van der Waals surface area contributed by atoms with Gasteiger partial charge in [-0.1, -0.05) is 32.0 Å². The third kappa shape index (κ3) is 4.95. The zero-order chi connectivity index (χ0) is 12.9. The SMILES string of the molecule is CC(C)CC(O)(O)ONC(=O)c1ccccc1. The third-order valence-corrected chi connectivity index (χ3v) is 2.02. The van der Waals surface area contributed by atoms with Crippen molar-refractivity contribution in [3.8, 4) is 0 Å². The maximum atomic E-state index is 11.5. The predicted molar refractivity (Wildman–Crippen MR) is 61.6 cm³/mol. The lowest BCUT2D eigenvalue weighted by molar-refractivity contribution is -0.361. The van der Waals surface area contributed by atoms with Gasteiger partial charge in [-0.25, -0.2) is 10.3 Å². The number of rotatable bonds is 5. The zero-order valence-electron chi connectivity index (χ0n) is 9.88. The lowest BCUT2D eigenvalue weighted by Gasteiger charge is -2.22. The van der Waals surface area contributed by atoms with Gasteiger partial charge < -0.3 is 10.2 Å². The van der Waals surface area contributed by atoms with Crippen LogP contribution in [0.15, 0.2) is 30.3 Å². The number of hydrogen-bond donors (Lipinski definition) is 3. The van der Waals surface area contributed by atoms with Crippen molar-refractivity contribution in [1.82, 2.24) is 5.48 Å². The minimum atomic E-state index is -2.35. The summed E-state index contributed by atoms with van der Waals surface area (Å²) in [5.41, 5.74) is 2.39. The van der Waals surface area contributed by atoms with Gasteiger partial charge in [0.2, 0.25) is 0 Å². The first-order chi connectivity index (χ1) is 7.91. The van der Waals surface area contributed by atoms with Crippen LogP contribution in [0.4, 0.5) is 0 Å². The van der Waals surface area contributed by atoms with Crippen molar-refractivity contribution in [2.45, 2.75) is 26.2 Å². The van der Waals surface area contributed by atoms with E-state index in [2.05, 4.69) is 4.84 Å². The molecule has 94 valence electrons. The summed E-state index contributed by atoms with van der Waals surface area (Å²) in [7, 11) is 0. The van der Waals surface area contributed by atoms with E-state index in [1.165, 1.54) is 0 Å². The molecule has 1 rings (SSSR count). The molecule has 5 nitrogen and oxygen atoms in total. The monoisotopic (exact) mass is 239 g/mol. The van der Waals surface area contributed by atoms with Gasteiger partial charge in [0.25, 0.3) is 11.9 Å². The molecule has 1 amide bonds. The summed E-state index contributed by atoms with van der Waals surface area (Å²) < 4.78 is 0. The van der Waals surface area contributed by atoms with Crippen LogP contribution in [0.1, 0.15) is 30.6 Å². The second-order valence-corrected chi connectivity index (χ2v) is 4.24. The number of carbonyl (C=O) groups excluding carboxylic acids is 1. The molecule has 0 fully saturated rings. The first-order valence-electron chi connectivity index (χ1n) is 5.39. The van der Waals surface area contributed by atoms with E-state index in [1.54, 1.807) is 30.3 Å². The van der Waals surface area contributed by atoms with E-state index in [1.807, 2.05) is 19.3 Å². The van der Waals surface area contributed by atoms with E-state index in [9.17, 15) is 15.0 Å². The minimum Gasteiger partial charge on any atom is -0.342 e. The van der Waals surface area contributed by atoms with Crippen LogP contribution in [0.5, 0.6) is 0 Å². The van der Waals surface area contributed by atoms with Gasteiger partial charge >= 0.3 is 0 Å². The van der Waals surface area contributed by atoms with Gasteiger partial charge in [0.1, 0.15) is 0 Å². The summed E-state index contributed by atoms with van der Waals surface area (Å²) in [4.78, 5) is 16.1. The van der Waals surface area contributed by atoms with E-state index < -0.39 is 11.9 Å². The van der Waals surface area contributed by atoms with Crippen LogP contribution in [0.3, 0.4) is 0 Å². The Bertz CT molecular complexity index is 362.